The van der Waals surface area contributed by atoms with Gasteiger partial charge in [0.2, 0.25) is 0 Å². The zero-order valence-corrected chi connectivity index (χ0v) is 11.1. The Bertz CT molecular complexity index is 398. The maximum Gasteiger partial charge on any atom is 0.255 e. The second-order valence-electron chi connectivity index (χ2n) is 3.76. The van der Waals surface area contributed by atoms with Crippen LogP contribution in [-0.2, 0) is 0 Å². The summed E-state index contributed by atoms with van der Waals surface area (Å²) in [4.78, 5) is 11.9. The minimum Gasteiger partial charge on any atom is -0.507 e. The Morgan fingerprint density at radius 3 is 2.88 bits per heavy atom. The maximum absolute atomic E-state index is 12.7. The van der Waals surface area contributed by atoms with Crippen molar-refractivity contribution in [1.82, 2.24) is 5.32 Å². The van der Waals surface area contributed by atoms with Gasteiger partial charge in [0.1, 0.15) is 11.6 Å². The second-order valence-corrected chi connectivity index (χ2v) is 5.05. The maximum atomic E-state index is 12.7. The summed E-state index contributed by atoms with van der Waals surface area (Å²) in [5.74, 6) is -1.31. The van der Waals surface area contributed by atoms with E-state index >= 15 is 0 Å². The van der Waals surface area contributed by atoms with Crippen molar-refractivity contribution in [3.63, 3.8) is 0 Å². The first kappa shape index (κ1) is 14.0. The van der Waals surface area contributed by atoms with Crippen molar-refractivity contribution in [3.05, 3.63) is 29.6 Å². The minimum absolute atomic E-state index is 0.0857. The zero-order chi connectivity index (χ0) is 12.8. The van der Waals surface area contributed by atoms with E-state index in [1.54, 1.807) is 0 Å². The van der Waals surface area contributed by atoms with Gasteiger partial charge in [-0.1, -0.05) is 29.3 Å². The molecule has 1 atom stereocenters. The SMILES string of the molecule is CCCC(Br)CNC(=O)c1ccc(F)cc1O. The largest absolute Gasteiger partial charge is 0.507 e. The number of carbonyl (C=O) groups is 1. The van der Waals surface area contributed by atoms with Crippen LogP contribution in [0, 0.1) is 5.82 Å². The van der Waals surface area contributed by atoms with Gasteiger partial charge in [-0.05, 0) is 18.6 Å². The van der Waals surface area contributed by atoms with E-state index in [1.165, 1.54) is 6.07 Å². The number of rotatable bonds is 5. The fourth-order valence-electron chi connectivity index (χ4n) is 1.41. The monoisotopic (exact) mass is 303 g/mol. The summed E-state index contributed by atoms with van der Waals surface area (Å²) < 4.78 is 12.7. The highest BCUT2D eigenvalue weighted by molar-refractivity contribution is 9.09. The normalized spacial score (nSPS) is 12.2. The van der Waals surface area contributed by atoms with Crippen molar-refractivity contribution in [2.75, 3.05) is 6.54 Å². The molecule has 0 saturated heterocycles. The molecule has 1 aromatic rings. The third-order valence-corrected chi connectivity index (χ3v) is 3.07. The Hall–Kier alpha value is -1.10. The van der Waals surface area contributed by atoms with Crippen molar-refractivity contribution in [2.24, 2.45) is 0 Å². The number of carbonyl (C=O) groups excluding carboxylic acids is 1. The molecule has 3 nitrogen and oxygen atoms in total. The van der Waals surface area contributed by atoms with Gasteiger partial charge in [0.05, 0.1) is 5.56 Å². The summed E-state index contributed by atoms with van der Waals surface area (Å²) in [5, 5.41) is 12.1. The smallest absolute Gasteiger partial charge is 0.255 e. The predicted molar refractivity (Wildman–Crippen MR) is 68.0 cm³/mol. The van der Waals surface area contributed by atoms with Gasteiger partial charge in [-0.3, -0.25) is 4.79 Å². The number of phenols is 1. The highest BCUT2D eigenvalue weighted by Crippen LogP contribution is 2.18. The molecule has 94 valence electrons. The highest BCUT2D eigenvalue weighted by atomic mass is 79.9. The van der Waals surface area contributed by atoms with Gasteiger partial charge < -0.3 is 10.4 Å². The Balaban J connectivity index is 2.58. The van der Waals surface area contributed by atoms with E-state index in [4.69, 9.17) is 0 Å². The number of amides is 1. The van der Waals surface area contributed by atoms with Crippen LogP contribution in [0.15, 0.2) is 18.2 Å². The third kappa shape index (κ3) is 4.34. The molecule has 2 N–H and O–H groups in total. The predicted octanol–water partition coefficient (Wildman–Crippen LogP) is 2.82. The van der Waals surface area contributed by atoms with E-state index in [9.17, 15) is 14.3 Å². The molecule has 1 rings (SSSR count). The fraction of sp³-hybridized carbons (Fsp3) is 0.417. The van der Waals surface area contributed by atoms with Crippen molar-refractivity contribution in [1.29, 1.82) is 0 Å². The van der Waals surface area contributed by atoms with Crippen LogP contribution in [0.3, 0.4) is 0 Å². The van der Waals surface area contributed by atoms with Gasteiger partial charge in [0.25, 0.3) is 5.91 Å². The summed E-state index contributed by atoms with van der Waals surface area (Å²) in [5.41, 5.74) is 0.0857. The average Bonchev–Trinajstić information content (AvgIpc) is 2.26. The summed E-state index contributed by atoms with van der Waals surface area (Å²) in [6, 6.07) is 3.34. The van der Waals surface area contributed by atoms with E-state index in [1.807, 2.05) is 0 Å². The number of nitrogens with one attached hydrogen (secondary N) is 1. The van der Waals surface area contributed by atoms with E-state index < -0.39 is 11.7 Å². The van der Waals surface area contributed by atoms with Crippen LogP contribution in [0.25, 0.3) is 0 Å². The number of halogens is 2. The summed E-state index contributed by atoms with van der Waals surface area (Å²) in [6.45, 7) is 2.53. The zero-order valence-electron chi connectivity index (χ0n) is 9.54. The van der Waals surface area contributed by atoms with Crippen LogP contribution >= 0.6 is 15.9 Å². The fourth-order valence-corrected chi connectivity index (χ4v) is 2.03. The minimum atomic E-state index is -0.566. The molecule has 0 spiro atoms. The molecule has 0 aliphatic rings. The Morgan fingerprint density at radius 2 is 2.29 bits per heavy atom. The Morgan fingerprint density at radius 1 is 1.59 bits per heavy atom. The number of aromatic hydroxyl groups is 1. The van der Waals surface area contributed by atoms with Crippen LogP contribution in [0.5, 0.6) is 5.75 Å². The lowest BCUT2D eigenvalue weighted by Crippen LogP contribution is -2.29. The van der Waals surface area contributed by atoms with Crippen molar-refractivity contribution >= 4 is 21.8 Å². The van der Waals surface area contributed by atoms with Gasteiger partial charge in [-0.25, -0.2) is 4.39 Å². The topological polar surface area (TPSA) is 49.3 Å². The van der Waals surface area contributed by atoms with E-state index in [2.05, 4.69) is 28.2 Å². The molecule has 1 unspecified atom stereocenters. The quantitative estimate of drug-likeness (QED) is 0.822. The second kappa shape index (κ2) is 6.59. The first-order valence-electron chi connectivity index (χ1n) is 5.45. The van der Waals surface area contributed by atoms with Gasteiger partial charge in [0.15, 0.2) is 0 Å². The molecule has 0 heterocycles. The van der Waals surface area contributed by atoms with Crippen LogP contribution < -0.4 is 5.32 Å². The standard InChI is InChI=1S/C12H15BrFNO2/c1-2-3-8(13)7-15-12(17)10-5-4-9(14)6-11(10)16/h4-6,8,16H,2-3,7H2,1H3,(H,15,17). The molecule has 1 aromatic carbocycles. The molecule has 5 heteroatoms. The van der Waals surface area contributed by atoms with Gasteiger partial charge in [-0.15, -0.1) is 0 Å². The Kier molecular flexibility index (Phi) is 5.41. The van der Waals surface area contributed by atoms with Crippen LogP contribution in [0.4, 0.5) is 4.39 Å². The van der Waals surface area contributed by atoms with Crippen LogP contribution in [0.2, 0.25) is 0 Å². The third-order valence-electron chi connectivity index (χ3n) is 2.29. The molecule has 0 aliphatic heterocycles. The highest BCUT2D eigenvalue weighted by Gasteiger charge is 2.12. The molecule has 0 bridgehead atoms. The summed E-state index contributed by atoms with van der Waals surface area (Å²) in [6.07, 6.45) is 1.98. The number of benzene rings is 1. The van der Waals surface area contributed by atoms with Crippen LogP contribution in [0.1, 0.15) is 30.1 Å². The lowest BCUT2D eigenvalue weighted by atomic mass is 10.2. The van der Waals surface area contributed by atoms with Crippen LogP contribution in [-0.4, -0.2) is 22.4 Å². The molecule has 0 aromatic heterocycles. The molecule has 0 radical (unpaired) electrons. The number of phenolic OH excluding ortho intramolecular Hbond substituents is 1. The van der Waals surface area contributed by atoms with Gasteiger partial charge in [0, 0.05) is 17.4 Å². The van der Waals surface area contributed by atoms with E-state index in [0.717, 1.165) is 25.0 Å². The molecule has 0 saturated carbocycles. The first-order chi connectivity index (χ1) is 8.04. The van der Waals surface area contributed by atoms with Crippen molar-refractivity contribution < 1.29 is 14.3 Å². The summed E-state index contributed by atoms with van der Waals surface area (Å²) >= 11 is 3.43. The van der Waals surface area contributed by atoms with Gasteiger partial charge >= 0.3 is 0 Å². The molecular formula is C12H15BrFNO2. The molecule has 17 heavy (non-hydrogen) atoms. The van der Waals surface area contributed by atoms with Crippen molar-refractivity contribution in [2.45, 2.75) is 24.6 Å². The Labute approximate surface area is 108 Å². The lowest BCUT2D eigenvalue weighted by molar-refractivity contribution is 0.0951. The number of alkyl halides is 1. The molecule has 0 aliphatic carbocycles. The number of hydrogen-bond acceptors (Lipinski definition) is 2. The van der Waals surface area contributed by atoms with E-state index in [0.29, 0.717) is 6.54 Å². The van der Waals surface area contributed by atoms with Crippen molar-refractivity contribution in [3.8, 4) is 5.75 Å². The van der Waals surface area contributed by atoms with Gasteiger partial charge in [-0.2, -0.15) is 0 Å². The number of hydrogen-bond donors (Lipinski definition) is 2. The molecule has 0 fully saturated rings. The summed E-state index contributed by atoms with van der Waals surface area (Å²) in [7, 11) is 0. The average molecular weight is 304 g/mol. The molecule has 1 amide bonds. The molecular weight excluding hydrogens is 289 g/mol. The van der Waals surface area contributed by atoms with E-state index in [-0.39, 0.29) is 16.1 Å². The lowest BCUT2D eigenvalue weighted by Gasteiger charge is -2.10. The first-order valence-corrected chi connectivity index (χ1v) is 6.37.